The highest BCUT2D eigenvalue weighted by Gasteiger charge is 2.38. The first-order valence-corrected chi connectivity index (χ1v) is 11.6. The molecule has 1 unspecified atom stereocenters. The Morgan fingerprint density at radius 2 is 1.60 bits per heavy atom. The number of furan rings is 1. The largest absolute Gasteiger partial charge is 0.459 e. The predicted molar refractivity (Wildman–Crippen MR) is 112 cm³/mol. The van der Waals surface area contributed by atoms with E-state index in [1.165, 1.54) is 6.26 Å². The van der Waals surface area contributed by atoms with E-state index < -0.39 is 6.04 Å². The third-order valence-corrected chi connectivity index (χ3v) is 6.99. The van der Waals surface area contributed by atoms with Crippen molar-refractivity contribution in [2.75, 3.05) is 26.2 Å². The van der Waals surface area contributed by atoms with E-state index in [2.05, 4.69) is 5.32 Å². The molecule has 3 fully saturated rings. The Morgan fingerprint density at radius 3 is 2.23 bits per heavy atom. The standard InChI is InChI=1S/C23H33N3O4/c27-21(18-7-2-3-8-18)24-20(23(29)25-12-4-1-5-13-25)17-10-14-26(15-11-17)22(28)19-9-6-16-30-19/h6,9,16-18,20H,1-5,7-8,10-15H2,(H,24,27). The maximum Gasteiger partial charge on any atom is 0.289 e. The van der Waals surface area contributed by atoms with Crippen LogP contribution < -0.4 is 5.32 Å². The van der Waals surface area contributed by atoms with Gasteiger partial charge in [0.1, 0.15) is 6.04 Å². The van der Waals surface area contributed by atoms with Gasteiger partial charge < -0.3 is 19.5 Å². The summed E-state index contributed by atoms with van der Waals surface area (Å²) in [5.74, 6) is 0.456. The molecule has 1 aromatic rings. The van der Waals surface area contributed by atoms with Crippen molar-refractivity contribution in [2.24, 2.45) is 11.8 Å². The molecule has 30 heavy (non-hydrogen) atoms. The van der Waals surface area contributed by atoms with Gasteiger partial charge in [-0.2, -0.15) is 0 Å². The van der Waals surface area contributed by atoms with Crippen LogP contribution in [0.1, 0.15) is 68.3 Å². The van der Waals surface area contributed by atoms with Crippen molar-refractivity contribution in [1.82, 2.24) is 15.1 Å². The second kappa shape index (κ2) is 9.67. The van der Waals surface area contributed by atoms with Gasteiger partial charge in [0.05, 0.1) is 6.26 Å². The van der Waals surface area contributed by atoms with Crippen LogP contribution in [0, 0.1) is 11.8 Å². The third kappa shape index (κ3) is 4.71. The molecule has 7 heteroatoms. The minimum Gasteiger partial charge on any atom is -0.459 e. The van der Waals surface area contributed by atoms with Crippen molar-refractivity contribution in [3.63, 3.8) is 0 Å². The summed E-state index contributed by atoms with van der Waals surface area (Å²) in [4.78, 5) is 42.5. The van der Waals surface area contributed by atoms with Gasteiger partial charge in [0, 0.05) is 32.1 Å². The number of nitrogens with zero attached hydrogens (tertiary/aromatic N) is 2. The van der Waals surface area contributed by atoms with Gasteiger partial charge in [0.25, 0.3) is 5.91 Å². The maximum absolute atomic E-state index is 13.4. The van der Waals surface area contributed by atoms with Crippen LogP contribution in [0.5, 0.6) is 0 Å². The summed E-state index contributed by atoms with van der Waals surface area (Å²) in [5.41, 5.74) is 0. The summed E-state index contributed by atoms with van der Waals surface area (Å²) in [6.07, 6.45) is 10.2. The van der Waals surface area contributed by atoms with Gasteiger partial charge in [-0.05, 0) is 63.0 Å². The highest BCUT2D eigenvalue weighted by molar-refractivity contribution is 5.91. The van der Waals surface area contributed by atoms with Crippen LogP contribution in [-0.4, -0.2) is 59.7 Å². The van der Waals surface area contributed by atoms with Gasteiger partial charge in [-0.15, -0.1) is 0 Å². The summed E-state index contributed by atoms with van der Waals surface area (Å²) in [7, 11) is 0. The number of carbonyl (C=O) groups is 3. The second-order valence-electron chi connectivity index (χ2n) is 8.96. The molecule has 0 bridgehead atoms. The number of amides is 3. The van der Waals surface area contributed by atoms with E-state index in [9.17, 15) is 14.4 Å². The predicted octanol–water partition coefficient (Wildman–Crippen LogP) is 2.82. The van der Waals surface area contributed by atoms with Crippen LogP contribution in [0.15, 0.2) is 22.8 Å². The number of hydrogen-bond acceptors (Lipinski definition) is 4. The molecular formula is C23H33N3O4. The molecule has 2 aliphatic heterocycles. The minimum absolute atomic E-state index is 0.0388. The lowest BCUT2D eigenvalue weighted by Crippen LogP contribution is -2.56. The first-order valence-electron chi connectivity index (χ1n) is 11.6. The highest BCUT2D eigenvalue weighted by atomic mass is 16.3. The molecule has 0 spiro atoms. The first kappa shape index (κ1) is 20.9. The lowest BCUT2D eigenvalue weighted by atomic mass is 9.87. The fourth-order valence-corrected chi connectivity index (χ4v) is 5.14. The normalized spacial score (nSPS) is 22.1. The molecule has 3 heterocycles. The average molecular weight is 416 g/mol. The van der Waals surface area contributed by atoms with E-state index in [1.54, 1.807) is 17.0 Å². The third-order valence-electron chi connectivity index (χ3n) is 6.99. The van der Waals surface area contributed by atoms with Crippen LogP contribution in [-0.2, 0) is 9.59 Å². The minimum atomic E-state index is -0.475. The average Bonchev–Trinajstić information content (AvgIpc) is 3.52. The number of piperidine rings is 2. The maximum atomic E-state index is 13.4. The first-order chi connectivity index (χ1) is 14.6. The Balaban J connectivity index is 1.41. The molecule has 1 saturated carbocycles. The van der Waals surface area contributed by atoms with Crippen molar-refractivity contribution < 1.29 is 18.8 Å². The summed E-state index contributed by atoms with van der Waals surface area (Å²) >= 11 is 0. The van der Waals surface area contributed by atoms with E-state index in [-0.39, 0.29) is 29.6 Å². The van der Waals surface area contributed by atoms with E-state index in [1.807, 2.05) is 4.90 Å². The van der Waals surface area contributed by atoms with Gasteiger partial charge in [-0.3, -0.25) is 14.4 Å². The number of nitrogens with one attached hydrogen (secondary N) is 1. The quantitative estimate of drug-likeness (QED) is 0.802. The van der Waals surface area contributed by atoms with Gasteiger partial charge >= 0.3 is 0 Å². The van der Waals surface area contributed by atoms with E-state index in [0.717, 1.165) is 58.0 Å². The molecule has 0 radical (unpaired) electrons. The topological polar surface area (TPSA) is 82.9 Å². The molecule has 3 amide bonds. The summed E-state index contributed by atoms with van der Waals surface area (Å²) in [5, 5.41) is 3.15. The second-order valence-corrected chi connectivity index (χ2v) is 8.96. The van der Waals surface area contributed by atoms with Crippen molar-refractivity contribution in [2.45, 2.75) is 63.8 Å². The van der Waals surface area contributed by atoms with Gasteiger partial charge in [0.2, 0.25) is 11.8 Å². The molecule has 1 aromatic heterocycles. The van der Waals surface area contributed by atoms with Crippen LogP contribution in [0.25, 0.3) is 0 Å². The van der Waals surface area contributed by atoms with Gasteiger partial charge in [0.15, 0.2) is 5.76 Å². The summed E-state index contributed by atoms with van der Waals surface area (Å²) < 4.78 is 5.24. The van der Waals surface area contributed by atoms with Crippen LogP contribution in [0.3, 0.4) is 0 Å². The smallest absolute Gasteiger partial charge is 0.289 e. The highest BCUT2D eigenvalue weighted by Crippen LogP contribution is 2.28. The Hall–Kier alpha value is -2.31. The number of carbonyl (C=O) groups excluding carboxylic acids is 3. The summed E-state index contributed by atoms with van der Waals surface area (Å²) in [6, 6.07) is 2.92. The van der Waals surface area contributed by atoms with Gasteiger partial charge in [-0.25, -0.2) is 0 Å². The lowest BCUT2D eigenvalue weighted by molar-refractivity contribution is -0.140. The zero-order valence-corrected chi connectivity index (χ0v) is 17.7. The molecule has 1 aliphatic carbocycles. The zero-order chi connectivity index (χ0) is 20.9. The van der Waals surface area contributed by atoms with E-state index in [0.29, 0.717) is 31.7 Å². The molecule has 0 aromatic carbocycles. The Labute approximate surface area is 178 Å². The van der Waals surface area contributed by atoms with Crippen LogP contribution in [0.4, 0.5) is 0 Å². The molecule has 164 valence electrons. The molecule has 3 aliphatic rings. The van der Waals surface area contributed by atoms with Crippen molar-refractivity contribution in [1.29, 1.82) is 0 Å². The fourth-order valence-electron chi connectivity index (χ4n) is 5.14. The molecule has 2 saturated heterocycles. The molecule has 4 rings (SSSR count). The van der Waals surface area contributed by atoms with Crippen molar-refractivity contribution in [3.05, 3.63) is 24.2 Å². The molecule has 1 N–H and O–H groups in total. The fraction of sp³-hybridized carbons (Fsp3) is 0.696. The number of hydrogen-bond donors (Lipinski definition) is 1. The lowest BCUT2D eigenvalue weighted by Gasteiger charge is -2.38. The van der Waals surface area contributed by atoms with Crippen molar-refractivity contribution in [3.8, 4) is 0 Å². The SMILES string of the molecule is O=C(NC(C(=O)N1CCCCC1)C1CCN(C(=O)c2ccco2)CC1)C1CCCC1. The Morgan fingerprint density at radius 1 is 0.900 bits per heavy atom. The Kier molecular flexibility index (Phi) is 6.75. The summed E-state index contributed by atoms with van der Waals surface area (Å²) in [6.45, 7) is 2.72. The van der Waals surface area contributed by atoms with Crippen LogP contribution in [0.2, 0.25) is 0 Å². The number of rotatable bonds is 5. The van der Waals surface area contributed by atoms with Crippen LogP contribution >= 0.6 is 0 Å². The number of likely N-dealkylation sites (tertiary alicyclic amines) is 2. The Bertz CT molecular complexity index is 728. The van der Waals surface area contributed by atoms with E-state index >= 15 is 0 Å². The van der Waals surface area contributed by atoms with Crippen molar-refractivity contribution >= 4 is 17.7 Å². The molecular weight excluding hydrogens is 382 g/mol. The monoisotopic (exact) mass is 415 g/mol. The van der Waals surface area contributed by atoms with Gasteiger partial charge in [-0.1, -0.05) is 12.8 Å². The van der Waals surface area contributed by atoms with E-state index in [4.69, 9.17) is 4.42 Å². The zero-order valence-electron chi connectivity index (χ0n) is 17.7. The molecule has 1 atom stereocenters. The molecule has 7 nitrogen and oxygen atoms in total.